The van der Waals surface area contributed by atoms with E-state index in [2.05, 4.69) is 0 Å². The van der Waals surface area contributed by atoms with Gasteiger partial charge in [-0.05, 0) is 11.5 Å². The maximum absolute atomic E-state index is 12.9. The first kappa shape index (κ1) is 17.4. The largest absolute Gasteiger partial charge is 0.686 e. The molecule has 6 nitrogen and oxygen atoms in total. The molecule has 0 unspecified atom stereocenters. The Labute approximate surface area is 167 Å². The van der Waals surface area contributed by atoms with Gasteiger partial charge in [-0.25, -0.2) is 0 Å². The van der Waals surface area contributed by atoms with Crippen molar-refractivity contribution in [1.29, 1.82) is 0 Å². The number of carbonyl (C=O) groups excluding carboxylic acids is 1. The molecule has 2 aliphatic rings. The molecule has 0 amide bonds. The molecule has 0 spiro atoms. The lowest BCUT2D eigenvalue weighted by atomic mass is 9.60. The summed E-state index contributed by atoms with van der Waals surface area (Å²) in [7, 11) is 3.17. The Balaban J connectivity index is 1.84. The van der Waals surface area contributed by atoms with E-state index in [1.54, 1.807) is 32.4 Å². The first-order valence-electron chi connectivity index (χ1n) is 9.27. The summed E-state index contributed by atoms with van der Waals surface area (Å²) in [5, 5.41) is 0. The lowest BCUT2D eigenvalue weighted by Crippen LogP contribution is -2.68. The highest BCUT2D eigenvalue weighted by Crippen LogP contribution is 2.41. The van der Waals surface area contributed by atoms with Gasteiger partial charge in [-0.15, -0.1) is 0 Å². The number of ether oxygens (including phenoxy) is 2. The molecule has 0 saturated heterocycles. The average molecular weight is 387 g/mol. The molecule has 29 heavy (non-hydrogen) atoms. The van der Waals surface area contributed by atoms with Crippen LogP contribution in [0.2, 0.25) is 0 Å². The zero-order valence-corrected chi connectivity index (χ0v) is 16.0. The molecule has 0 saturated carbocycles. The van der Waals surface area contributed by atoms with Gasteiger partial charge in [-0.2, -0.15) is 0 Å². The molecular formula is C22H18BNO5. The Kier molecular flexibility index (Phi) is 3.84. The molecule has 7 heteroatoms. The van der Waals surface area contributed by atoms with Gasteiger partial charge in [0, 0.05) is 18.2 Å². The van der Waals surface area contributed by atoms with Gasteiger partial charge in [0.15, 0.2) is 5.69 Å². The molecule has 1 atom stereocenters. The molecule has 0 bridgehead atoms. The number of hydrogen-bond acceptors (Lipinski definition) is 5. The summed E-state index contributed by atoms with van der Waals surface area (Å²) >= 11 is 0. The van der Waals surface area contributed by atoms with E-state index < -0.39 is 12.7 Å². The second-order valence-corrected chi connectivity index (χ2v) is 6.90. The molecule has 0 N–H and O–H groups in total. The Hall–Kier alpha value is -3.74. The molecule has 144 valence electrons. The van der Waals surface area contributed by atoms with E-state index in [4.69, 9.17) is 18.8 Å². The van der Waals surface area contributed by atoms with Gasteiger partial charge in [0.25, 0.3) is 0 Å². The maximum atomic E-state index is 12.9. The van der Waals surface area contributed by atoms with Crippen molar-refractivity contribution < 1.29 is 28.1 Å². The van der Waals surface area contributed by atoms with Gasteiger partial charge >= 0.3 is 12.7 Å². The first-order valence-corrected chi connectivity index (χ1v) is 9.27. The highest BCUT2D eigenvalue weighted by atomic mass is 16.6. The second kappa shape index (κ2) is 6.41. The van der Waals surface area contributed by atoms with Gasteiger partial charge in [0.2, 0.25) is 0 Å². The number of hydrogen-bond donors (Lipinski definition) is 0. The number of para-hydroxylation sites is 1. The van der Waals surface area contributed by atoms with E-state index >= 15 is 0 Å². The zero-order valence-electron chi connectivity index (χ0n) is 16.0. The fourth-order valence-corrected chi connectivity index (χ4v) is 3.96. The van der Waals surface area contributed by atoms with Crippen molar-refractivity contribution in [2.45, 2.75) is 0 Å². The minimum atomic E-state index is -2.34. The van der Waals surface area contributed by atoms with Crippen LogP contribution in [0.5, 0.6) is 17.2 Å². The van der Waals surface area contributed by atoms with Crippen LogP contribution >= 0.6 is 0 Å². The summed E-state index contributed by atoms with van der Waals surface area (Å²) in [5.41, 5.74) is 2.70. The van der Waals surface area contributed by atoms with Crippen molar-refractivity contribution in [2.24, 2.45) is 0 Å². The smallest absolute Gasteiger partial charge is 0.618 e. The Morgan fingerprint density at radius 2 is 1.66 bits per heavy atom. The molecule has 3 aromatic rings. The molecule has 0 fully saturated rings. The van der Waals surface area contributed by atoms with Gasteiger partial charge in [0.1, 0.15) is 28.8 Å². The predicted octanol–water partition coefficient (Wildman–Crippen LogP) is 2.88. The van der Waals surface area contributed by atoms with Crippen LogP contribution in [-0.2, 0) is 4.65 Å². The van der Waals surface area contributed by atoms with Crippen LogP contribution in [0, 0.1) is 0 Å². The lowest BCUT2D eigenvalue weighted by Gasteiger charge is -2.43. The zero-order chi connectivity index (χ0) is 20.0. The van der Waals surface area contributed by atoms with Crippen LogP contribution in [0.4, 0.5) is 5.69 Å². The van der Waals surface area contributed by atoms with Gasteiger partial charge in [-0.1, -0.05) is 42.5 Å². The summed E-state index contributed by atoms with van der Waals surface area (Å²) in [5.74, 6) is 1.29. The predicted molar refractivity (Wildman–Crippen MR) is 109 cm³/mol. The third kappa shape index (κ3) is 2.51. The summed E-state index contributed by atoms with van der Waals surface area (Å²) in [4.78, 5) is 12.9. The number of benzene rings is 3. The highest BCUT2D eigenvalue weighted by Gasteiger charge is 2.57. The van der Waals surface area contributed by atoms with E-state index in [0.717, 1.165) is 16.7 Å². The van der Waals surface area contributed by atoms with Crippen LogP contribution < -0.4 is 19.6 Å². The number of nitrogens with zero attached hydrogens (tertiary/aromatic N) is 1. The normalized spacial score (nSPS) is 19.0. The second-order valence-electron chi connectivity index (χ2n) is 6.90. The standard InChI is InChI=1S/C22H18BNO5/c1-26-16-12-20(27-2)18-14-24-19-11-7-6-10-17(19)22(25)29-23(24,28-21(18)13-16)15-8-4-3-5-9-15/h3-14H,1-2H3/t23-/m1/s1. The van der Waals surface area contributed by atoms with Crippen molar-refractivity contribution in [1.82, 2.24) is 0 Å². The summed E-state index contributed by atoms with van der Waals surface area (Å²) in [6.45, 7) is -2.34. The number of rotatable bonds is 3. The van der Waals surface area contributed by atoms with E-state index in [-0.39, 0.29) is 0 Å². The topological polar surface area (TPSA) is 57.0 Å². The number of fused-ring (bicyclic) bond motifs is 4. The maximum Gasteiger partial charge on any atom is 0.686 e. The molecule has 0 aliphatic carbocycles. The quantitative estimate of drug-likeness (QED) is 0.647. The van der Waals surface area contributed by atoms with Crippen molar-refractivity contribution >= 4 is 30.0 Å². The van der Waals surface area contributed by atoms with Gasteiger partial charge in [0.05, 0.1) is 20.0 Å². The monoisotopic (exact) mass is 387 g/mol. The van der Waals surface area contributed by atoms with E-state index in [0.29, 0.717) is 22.8 Å². The number of methoxy groups -OCH3 is 2. The SMILES string of the molecule is COc1cc(OC)c2c(c1)O[B@-]1(c3ccccc3)OC(=O)c3ccccc3[N+]1=C2. The van der Waals surface area contributed by atoms with Crippen LogP contribution in [0.25, 0.3) is 0 Å². The summed E-state index contributed by atoms with van der Waals surface area (Å²) < 4.78 is 25.3. The molecule has 0 aromatic heterocycles. The van der Waals surface area contributed by atoms with Crippen LogP contribution in [0.1, 0.15) is 15.9 Å². The van der Waals surface area contributed by atoms with Crippen molar-refractivity contribution in [3.63, 3.8) is 0 Å². The fraction of sp³-hybridized carbons (Fsp3) is 0.0909. The molecule has 5 rings (SSSR count). The molecular weight excluding hydrogens is 369 g/mol. The fourth-order valence-electron chi connectivity index (χ4n) is 3.96. The average Bonchev–Trinajstić information content (AvgIpc) is 2.78. The molecule has 2 aliphatic heterocycles. The van der Waals surface area contributed by atoms with Gasteiger partial charge < -0.3 is 23.3 Å². The minimum absolute atomic E-state index is 0.424. The highest BCUT2D eigenvalue weighted by molar-refractivity contribution is 6.77. The molecule has 3 aromatic carbocycles. The van der Waals surface area contributed by atoms with E-state index in [1.165, 1.54) is 0 Å². The Morgan fingerprint density at radius 1 is 0.897 bits per heavy atom. The molecule has 0 radical (unpaired) electrons. The van der Waals surface area contributed by atoms with E-state index in [9.17, 15) is 4.79 Å². The van der Waals surface area contributed by atoms with Crippen LogP contribution in [0.15, 0.2) is 66.7 Å². The Morgan fingerprint density at radius 3 is 2.41 bits per heavy atom. The van der Waals surface area contributed by atoms with Crippen molar-refractivity contribution in [3.8, 4) is 17.2 Å². The third-order valence-electron chi connectivity index (χ3n) is 5.34. The Bertz CT molecular complexity index is 1160. The third-order valence-corrected chi connectivity index (χ3v) is 5.34. The molecule has 2 heterocycles. The first-order chi connectivity index (χ1) is 14.2. The minimum Gasteiger partial charge on any atom is -0.618 e. The summed E-state index contributed by atoms with van der Waals surface area (Å²) in [6.07, 6.45) is 1.91. The summed E-state index contributed by atoms with van der Waals surface area (Å²) in [6, 6.07) is 20.4. The van der Waals surface area contributed by atoms with Crippen LogP contribution in [0.3, 0.4) is 0 Å². The van der Waals surface area contributed by atoms with Crippen molar-refractivity contribution in [2.75, 3.05) is 14.2 Å². The van der Waals surface area contributed by atoms with Gasteiger partial charge in [-0.3, -0.25) is 4.79 Å². The lowest BCUT2D eigenvalue weighted by molar-refractivity contribution is -0.334. The van der Waals surface area contributed by atoms with Crippen LogP contribution in [-0.4, -0.2) is 37.6 Å². The van der Waals surface area contributed by atoms with E-state index in [1.807, 2.05) is 59.2 Å². The van der Waals surface area contributed by atoms with Crippen molar-refractivity contribution in [3.05, 3.63) is 77.9 Å². The number of carbonyl (C=O) groups is 1.